The minimum absolute atomic E-state index is 0.297. The van der Waals surface area contributed by atoms with Gasteiger partial charge in [0.2, 0.25) is 0 Å². The Balaban J connectivity index is 1.90. The zero-order valence-electron chi connectivity index (χ0n) is 15.8. The lowest BCUT2D eigenvalue weighted by Crippen LogP contribution is -2.08. The normalized spacial score (nSPS) is 12.0. The molecule has 0 saturated heterocycles. The molecule has 0 fully saturated rings. The molecule has 2 heteroatoms. The molecule has 0 bridgehead atoms. The highest BCUT2D eigenvalue weighted by Gasteiger charge is 2.09. The Morgan fingerprint density at radius 2 is 1.56 bits per heavy atom. The fourth-order valence-electron chi connectivity index (χ4n) is 2.79. The third kappa shape index (κ3) is 6.38. The van der Waals surface area contributed by atoms with E-state index in [2.05, 4.69) is 20.8 Å². The molecular formula is C23H30O2. The van der Waals surface area contributed by atoms with Crippen molar-refractivity contribution in [3.8, 4) is 5.75 Å². The molecule has 1 atom stereocenters. The third-order valence-corrected chi connectivity index (χ3v) is 4.67. The molecule has 0 heterocycles. The number of esters is 1. The maximum Gasteiger partial charge on any atom is 0.343 e. The first-order chi connectivity index (χ1) is 12.1. The Labute approximate surface area is 152 Å². The van der Waals surface area contributed by atoms with E-state index in [1.165, 1.54) is 30.4 Å². The van der Waals surface area contributed by atoms with Gasteiger partial charge in [0.05, 0.1) is 5.56 Å². The molecular weight excluding hydrogens is 308 g/mol. The lowest BCUT2D eigenvalue weighted by molar-refractivity contribution is 0.0734. The first-order valence-electron chi connectivity index (χ1n) is 9.52. The Kier molecular flexibility index (Phi) is 7.72. The van der Waals surface area contributed by atoms with Crippen LogP contribution in [0.2, 0.25) is 0 Å². The second-order valence-electron chi connectivity index (χ2n) is 6.91. The largest absolute Gasteiger partial charge is 0.423 e. The Hall–Kier alpha value is -2.09. The van der Waals surface area contributed by atoms with Gasteiger partial charge in [0, 0.05) is 0 Å². The summed E-state index contributed by atoms with van der Waals surface area (Å²) < 4.78 is 5.48. The Morgan fingerprint density at radius 1 is 0.920 bits per heavy atom. The zero-order chi connectivity index (χ0) is 18.1. The fourth-order valence-corrected chi connectivity index (χ4v) is 2.79. The second kappa shape index (κ2) is 10.0. The highest BCUT2D eigenvalue weighted by molar-refractivity contribution is 5.91. The number of ether oxygens (including phenoxy) is 1. The maximum atomic E-state index is 12.3. The van der Waals surface area contributed by atoms with Gasteiger partial charge in [-0.3, -0.25) is 0 Å². The third-order valence-electron chi connectivity index (χ3n) is 4.67. The van der Waals surface area contributed by atoms with Gasteiger partial charge in [-0.1, -0.05) is 64.3 Å². The molecule has 2 nitrogen and oxygen atoms in total. The van der Waals surface area contributed by atoms with Crippen molar-refractivity contribution in [2.75, 3.05) is 0 Å². The highest BCUT2D eigenvalue weighted by Crippen LogP contribution is 2.17. The first kappa shape index (κ1) is 19.2. The van der Waals surface area contributed by atoms with Crippen LogP contribution in [-0.4, -0.2) is 5.97 Å². The molecule has 0 saturated carbocycles. The van der Waals surface area contributed by atoms with E-state index in [0.717, 1.165) is 19.3 Å². The maximum absolute atomic E-state index is 12.3. The number of unbranched alkanes of at least 4 members (excludes halogenated alkanes) is 2. The Bertz CT molecular complexity index is 641. The van der Waals surface area contributed by atoms with Crippen molar-refractivity contribution in [1.82, 2.24) is 0 Å². The molecule has 0 radical (unpaired) electrons. The van der Waals surface area contributed by atoms with E-state index < -0.39 is 0 Å². The Morgan fingerprint density at radius 3 is 2.16 bits per heavy atom. The highest BCUT2D eigenvalue weighted by atomic mass is 16.5. The summed E-state index contributed by atoms with van der Waals surface area (Å²) in [5.74, 6) is 0.968. The summed E-state index contributed by atoms with van der Waals surface area (Å²) >= 11 is 0. The van der Waals surface area contributed by atoms with Crippen molar-refractivity contribution >= 4 is 5.97 Å². The molecule has 0 aliphatic heterocycles. The van der Waals surface area contributed by atoms with Crippen LogP contribution in [0.1, 0.15) is 67.9 Å². The lowest BCUT2D eigenvalue weighted by Gasteiger charge is -2.09. The molecule has 1 unspecified atom stereocenters. The molecule has 2 rings (SSSR count). The van der Waals surface area contributed by atoms with Crippen molar-refractivity contribution in [3.05, 3.63) is 65.2 Å². The summed E-state index contributed by atoms with van der Waals surface area (Å²) in [4.78, 5) is 12.3. The van der Waals surface area contributed by atoms with E-state index in [1.54, 1.807) is 0 Å². The van der Waals surface area contributed by atoms with E-state index in [1.807, 2.05) is 48.5 Å². The van der Waals surface area contributed by atoms with E-state index in [0.29, 0.717) is 17.2 Å². The number of rotatable bonds is 9. The van der Waals surface area contributed by atoms with Gasteiger partial charge in [0.15, 0.2) is 0 Å². The van der Waals surface area contributed by atoms with Crippen LogP contribution in [0.5, 0.6) is 5.75 Å². The van der Waals surface area contributed by atoms with Gasteiger partial charge < -0.3 is 4.74 Å². The van der Waals surface area contributed by atoms with Crippen molar-refractivity contribution < 1.29 is 9.53 Å². The number of carbonyl (C=O) groups excluding carboxylic acids is 1. The average Bonchev–Trinajstić information content (AvgIpc) is 2.64. The molecule has 0 amide bonds. The van der Waals surface area contributed by atoms with Gasteiger partial charge in [-0.25, -0.2) is 4.79 Å². The van der Waals surface area contributed by atoms with Crippen molar-refractivity contribution in [1.29, 1.82) is 0 Å². The molecule has 2 aromatic carbocycles. The van der Waals surface area contributed by atoms with Crippen molar-refractivity contribution in [3.63, 3.8) is 0 Å². The lowest BCUT2D eigenvalue weighted by atomic mass is 9.98. The van der Waals surface area contributed by atoms with Crippen molar-refractivity contribution in [2.45, 2.75) is 59.3 Å². The molecule has 0 aromatic heterocycles. The first-order valence-corrected chi connectivity index (χ1v) is 9.52. The quantitative estimate of drug-likeness (QED) is 0.308. The molecule has 0 N–H and O–H groups in total. The second-order valence-corrected chi connectivity index (χ2v) is 6.91. The summed E-state index contributed by atoms with van der Waals surface area (Å²) in [7, 11) is 0. The van der Waals surface area contributed by atoms with Crippen LogP contribution in [0.4, 0.5) is 0 Å². The predicted octanol–water partition coefficient (Wildman–Crippen LogP) is 6.23. The minimum atomic E-state index is -0.297. The van der Waals surface area contributed by atoms with Crippen LogP contribution in [0.3, 0.4) is 0 Å². The van der Waals surface area contributed by atoms with E-state index >= 15 is 0 Å². The van der Waals surface area contributed by atoms with Crippen LogP contribution in [0.25, 0.3) is 0 Å². The number of aryl methyl sites for hydroxylation is 1. The number of benzene rings is 2. The summed E-state index contributed by atoms with van der Waals surface area (Å²) in [6.07, 6.45) is 6.98. The van der Waals surface area contributed by atoms with Gasteiger partial charge in [0.25, 0.3) is 0 Å². The molecule has 2 aromatic rings. The van der Waals surface area contributed by atoms with Gasteiger partial charge >= 0.3 is 5.97 Å². The summed E-state index contributed by atoms with van der Waals surface area (Å²) in [5, 5.41) is 0. The van der Waals surface area contributed by atoms with Crippen LogP contribution in [-0.2, 0) is 12.8 Å². The van der Waals surface area contributed by atoms with Gasteiger partial charge in [-0.2, -0.15) is 0 Å². The average molecular weight is 338 g/mol. The van der Waals surface area contributed by atoms with Gasteiger partial charge in [-0.15, -0.1) is 0 Å². The van der Waals surface area contributed by atoms with Gasteiger partial charge in [0.1, 0.15) is 5.75 Å². The zero-order valence-corrected chi connectivity index (χ0v) is 15.8. The monoisotopic (exact) mass is 338 g/mol. The van der Waals surface area contributed by atoms with Crippen LogP contribution in [0.15, 0.2) is 48.5 Å². The van der Waals surface area contributed by atoms with Gasteiger partial charge in [-0.05, 0) is 60.6 Å². The number of carbonyl (C=O) groups is 1. The smallest absolute Gasteiger partial charge is 0.343 e. The van der Waals surface area contributed by atoms with Crippen LogP contribution >= 0.6 is 0 Å². The van der Waals surface area contributed by atoms with E-state index in [4.69, 9.17) is 4.74 Å². The van der Waals surface area contributed by atoms with Crippen molar-refractivity contribution in [2.24, 2.45) is 5.92 Å². The summed E-state index contributed by atoms with van der Waals surface area (Å²) in [5.41, 5.74) is 3.16. The van der Waals surface area contributed by atoms with E-state index in [-0.39, 0.29) is 5.97 Å². The van der Waals surface area contributed by atoms with Crippen LogP contribution in [0, 0.1) is 5.92 Å². The summed E-state index contributed by atoms with van der Waals surface area (Å²) in [6.45, 7) is 6.65. The van der Waals surface area contributed by atoms with E-state index in [9.17, 15) is 4.79 Å². The minimum Gasteiger partial charge on any atom is -0.423 e. The molecule has 0 aliphatic rings. The topological polar surface area (TPSA) is 26.3 Å². The number of hydrogen-bond donors (Lipinski definition) is 0. The predicted molar refractivity (Wildman–Crippen MR) is 104 cm³/mol. The molecule has 25 heavy (non-hydrogen) atoms. The number of hydrogen-bond acceptors (Lipinski definition) is 2. The molecule has 134 valence electrons. The standard InChI is InChI=1S/C23H30O2/c1-4-6-7-8-19-11-15-22(16-12-19)25-23(24)21-13-9-20(10-14-21)17-18(3)5-2/h9-16,18H,4-8,17H2,1-3H3. The molecule has 0 spiro atoms. The molecule has 0 aliphatic carbocycles. The SMILES string of the molecule is CCCCCc1ccc(OC(=O)c2ccc(CC(C)CC)cc2)cc1. The summed E-state index contributed by atoms with van der Waals surface area (Å²) in [6, 6.07) is 15.6. The van der Waals surface area contributed by atoms with Crippen LogP contribution < -0.4 is 4.74 Å². The fraction of sp³-hybridized carbons (Fsp3) is 0.435.